The molecule has 1 N–H and O–H groups in total. The van der Waals surface area contributed by atoms with Crippen molar-refractivity contribution in [3.05, 3.63) is 59.9 Å². The van der Waals surface area contributed by atoms with Gasteiger partial charge < -0.3 is 14.4 Å². The molecule has 2 heterocycles. The number of piperidine rings is 1. The van der Waals surface area contributed by atoms with Gasteiger partial charge in [0.2, 0.25) is 0 Å². The highest BCUT2D eigenvalue weighted by Gasteiger charge is 2.27. The van der Waals surface area contributed by atoms with Crippen molar-refractivity contribution >= 4 is 16.7 Å². The van der Waals surface area contributed by atoms with Gasteiger partial charge in [-0.05, 0) is 42.5 Å². The Morgan fingerprint density at radius 3 is 2.65 bits per heavy atom. The van der Waals surface area contributed by atoms with Crippen molar-refractivity contribution in [1.82, 2.24) is 4.90 Å². The van der Waals surface area contributed by atoms with Crippen LogP contribution in [0.3, 0.4) is 0 Å². The molecule has 1 amide bonds. The van der Waals surface area contributed by atoms with Crippen molar-refractivity contribution < 1.29 is 14.3 Å². The second kappa shape index (κ2) is 6.96. The molecule has 0 atom stereocenters. The molecular formula is C22H23NO3. The van der Waals surface area contributed by atoms with Crippen LogP contribution in [0.15, 0.2) is 52.9 Å². The third-order valence-electron chi connectivity index (χ3n) is 5.33. The molecule has 4 nitrogen and oxygen atoms in total. The van der Waals surface area contributed by atoms with Gasteiger partial charge in [0.15, 0.2) is 5.76 Å². The second-order valence-corrected chi connectivity index (χ2v) is 7.07. The zero-order valence-electron chi connectivity index (χ0n) is 14.9. The molecule has 4 heteroatoms. The number of benzene rings is 2. The highest BCUT2D eigenvalue weighted by Crippen LogP contribution is 2.32. The number of aliphatic hydroxyl groups is 1. The number of carbonyl (C=O) groups excluding carboxylic acids is 1. The zero-order chi connectivity index (χ0) is 18.1. The SMILES string of the molecule is Cc1cc(-c2cccc3ccccc23)oc1C(=O)N1CCC(CO)CC1. The van der Waals surface area contributed by atoms with Crippen LogP contribution in [0.4, 0.5) is 0 Å². The molecule has 0 spiro atoms. The number of rotatable bonds is 3. The summed E-state index contributed by atoms with van der Waals surface area (Å²) >= 11 is 0. The van der Waals surface area contributed by atoms with Crippen LogP contribution in [0.1, 0.15) is 29.0 Å². The minimum Gasteiger partial charge on any atom is -0.451 e. The number of aryl methyl sites for hydroxylation is 1. The summed E-state index contributed by atoms with van der Waals surface area (Å²) in [6.45, 7) is 3.47. The number of likely N-dealkylation sites (tertiary alicyclic amines) is 1. The van der Waals surface area contributed by atoms with Gasteiger partial charge >= 0.3 is 0 Å². The van der Waals surface area contributed by atoms with E-state index in [1.54, 1.807) is 0 Å². The summed E-state index contributed by atoms with van der Waals surface area (Å²) in [5.41, 5.74) is 1.87. The molecule has 0 unspecified atom stereocenters. The lowest BCUT2D eigenvalue weighted by Crippen LogP contribution is -2.39. The Morgan fingerprint density at radius 1 is 1.15 bits per heavy atom. The maximum atomic E-state index is 12.9. The van der Waals surface area contributed by atoms with Crippen LogP contribution in [0.25, 0.3) is 22.1 Å². The summed E-state index contributed by atoms with van der Waals surface area (Å²) in [4.78, 5) is 14.7. The molecule has 1 saturated heterocycles. The molecule has 26 heavy (non-hydrogen) atoms. The van der Waals surface area contributed by atoms with Crippen molar-refractivity contribution in [2.24, 2.45) is 5.92 Å². The number of amides is 1. The summed E-state index contributed by atoms with van der Waals surface area (Å²) in [5, 5.41) is 11.5. The first kappa shape index (κ1) is 16.9. The van der Waals surface area contributed by atoms with Crippen LogP contribution in [0, 0.1) is 12.8 Å². The number of carbonyl (C=O) groups is 1. The normalized spacial score (nSPS) is 15.5. The minimum absolute atomic E-state index is 0.0506. The van der Waals surface area contributed by atoms with E-state index in [9.17, 15) is 9.90 Å². The highest BCUT2D eigenvalue weighted by atomic mass is 16.4. The molecule has 2 aromatic carbocycles. The predicted molar refractivity (Wildman–Crippen MR) is 102 cm³/mol. The Kier molecular flexibility index (Phi) is 4.51. The van der Waals surface area contributed by atoms with E-state index < -0.39 is 0 Å². The first-order valence-electron chi connectivity index (χ1n) is 9.16. The monoisotopic (exact) mass is 349 g/mol. The summed E-state index contributed by atoms with van der Waals surface area (Å²) in [7, 11) is 0. The lowest BCUT2D eigenvalue weighted by atomic mass is 9.97. The van der Waals surface area contributed by atoms with Gasteiger partial charge in [-0.2, -0.15) is 0 Å². The molecule has 0 bridgehead atoms. The van der Waals surface area contributed by atoms with Gasteiger partial charge in [0.05, 0.1) is 0 Å². The van der Waals surface area contributed by atoms with Crippen LogP contribution < -0.4 is 0 Å². The number of hydrogen-bond donors (Lipinski definition) is 1. The second-order valence-electron chi connectivity index (χ2n) is 7.07. The average Bonchev–Trinajstić information content (AvgIpc) is 3.08. The van der Waals surface area contributed by atoms with Crippen LogP contribution in [-0.2, 0) is 0 Å². The van der Waals surface area contributed by atoms with Crippen molar-refractivity contribution in [1.29, 1.82) is 0 Å². The Morgan fingerprint density at radius 2 is 1.88 bits per heavy atom. The topological polar surface area (TPSA) is 53.7 Å². The molecule has 0 aliphatic carbocycles. The van der Waals surface area contributed by atoms with Gasteiger partial charge in [0, 0.05) is 30.8 Å². The van der Waals surface area contributed by atoms with Gasteiger partial charge in [0.25, 0.3) is 5.91 Å². The van der Waals surface area contributed by atoms with Crippen molar-refractivity contribution in [3.8, 4) is 11.3 Å². The van der Waals surface area contributed by atoms with Crippen LogP contribution in [0.5, 0.6) is 0 Å². The lowest BCUT2D eigenvalue weighted by Gasteiger charge is -2.30. The maximum absolute atomic E-state index is 12.9. The molecule has 1 aromatic heterocycles. The summed E-state index contributed by atoms with van der Waals surface area (Å²) in [6.07, 6.45) is 1.69. The Bertz CT molecular complexity index is 930. The summed E-state index contributed by atoms with van der Waals surface area (Å²) < 4.78 is 6.04. The molecular weight excluding hydrogens is 326 g/mol. The molecule has 0 saturated carbocycles. The molecule has 3 aromatic rings. The zero-order valence-corrected chi connectivity index (χ0v) is 14.9. The fourth-order valence-electron chi connectivity index (χ4n) is 3.73. The van der Waals surface area contributed by atoms with E-state index in [0.717, 1.165) is 40.5 Å². The number of hydrogen-bond acceptors (Lipinski definition) is 3. The number of fused-ring (bicyclic) bond motifs is 1. The quantitative estimate of drug-likeness (QED) is 0.769. The molecule has 1 fully saturated rings. The van der Waals surface area contributed by atoms with Gasteiger partial charge in [-0.1, -0.05) is 42.5 Å². The first-order valence-corrected chi connectivity index (χ1v) is 9.16. The van der Waals surface area contributed by atoms with Crippen LogP contribution in [-0.4, -0.2) is 35.6 Å². The standard InChI is InChI=1S/C22H23NO3/c1-15-13-20(19-8-4-6-17-5-2-3-7-18(17)19)26-21(15)22(25)23-11-9-16(14-24)10-12-23/h2-8,13,16,24H,9-12,14H2,1H3. The molecule has 0 radical (unpaired) electrons. The maximum Gasteiger partial charge on any atom is 0.289 e. The third-order valence-corrected chi connectivity index (χ3v) is 5.33. The van der Waals surface area contributed by atoms with Gasteiger partial charge in [-0.25, -0.2) is 0 Å². The van der Waals surface area contributed by atoms with E-state index in [4.69, 9.17) is 4.42 Å². The van der Waals surface area contributed by atoms with Crippen molar-refractivity contribution in [2.45, 2.75) is 19.8 Å². The third kappa shape index (κ3) is 3.01. The van der Waals surface area contributed by atoms with E-state index in [1.807, 2.05) is 42.2 Å². The van der Waals surface area contributed by atoms with E-state index in [2.05, 4.69) is 18.2 Å². The Hall–Kier alpha value is -2.59. The van der Waals surface area contributed by atoms with Crippen LogP contribution in [0.2, 0.25) is 0 Å². The van der Waals surface area contributed by atoms with E-state index in [-0.39, 0.29) is 12.5 Å². The van der Waals surface area contributed by atoms with E-state index in [0.29, 0.717) is 24.8 Å². The Labute approximate surface area is 153 Å². The molecule has 4 rings (SSSR count). The van der Waals surface area contributed by atoms with Crippen LogP contribution >= 0.6 is 0 Å². The molecule has 134 valence electrons. The van der Waals surface area contributed by atoms with E-state index >= 15 is 0 Å². The number of furan rings is 1. The first-order chi connectivity index (χ1) is 12.7. The van der Waals surface area contributed by atoms with Crippen molar-refractivity contribution in [3.63, 3.8) is 0 Å². The minimum atomic E-state index is -0.0506. The van der Waals surface area contributed by atoms with Gasteiger partial charge in [0.1, 0.15) is 5.76 Å². The average molecular weight is 349 g/mol. The number of nitrogens with zero attached hydrogens (tertiary/aromatic N) is 1. The predicted octanol–water partition coefficient (Wildman–Crippen LogP) is 4.25. The fraction of sp³-hybridized carbons (Fsp3) is 0.318. The summed E-state index contributed by atoms with van der Waals surface area (Å²) in [6, 6.07) is 16.2. The number of aliphatic hydroxyl groups excluding tert-OH is 1. The Balaban J connectivity index is 1.64. The smallest absolute Gasteiger partial charge is 0.289 e. The summed E-state index contributed by atoms with van der Waals surface area (Å²) in [5.74, 6) is 1.41. The van der Waals surface area contributed by atoms with Gasteiger partial charge in [-0.15, -0.1) is 0 Å². The largest absolute Gasteiger partial charge is 0.451 e. The molecule has 1 aliphatic rings. The van der Waals surface area contributed by atoms with Gasteiger partial charge in [-0.3, -0.25) is 4.79 Å². The fourth-order valence-corrected chi connectivity index (χ4v) is 3.73. The molecule has 1 aliphatic heterocycles. The lowest BCUT2D eigenvalue weighted by molar-refractivity contribution is 0.0620. The van der Waals surface area contributed by atoms with Crippen molar-refractivity contribution in [2.75, 3.05) is 19.7 Å². The highest BCUT2D eigenvalue weighted by molar-refractivity contribution is 5.97. The van der Waals surface area contributed by atoms with E-state index in [1.165, 1.54) is 0 Å².